The highest BCUT2D eigenvalue weighted by Crippen LogP contribution is 2.66. The van der Waals surface area contributed by atoms with Crippen LogP contribution in [0.4, 0.5) is 11.5 Å². The summed E-state index contributed by atoms with van der Waals surface area (Å²) >= 11 is 0. The normalized spacial score (nSPS) is 19.7. The molecule has 2 aromatic carbocycles. The first-order chi connectivity index (χ1) is 39.6. The Bertz CT molecular complexity index is 3600. The highest BCUT2D eigenvalue weighted by Gasteiger charge is 2.44. The molecule has 5 unspecified atom stereocenters. The minimum atomic E-state index is -5.75. The third-order valence-corrected chi connectivity index (χ3v) is 21.5. The average molecular weight is 1320 g/mol. The van der Waals surface area contributed by atoms with Gasteiger partial charge >= 0.3 is 23.5 Å². The van der Waals surface area contributed by atoms with Gasteiger partial charge in [-0.2, -0.15) is 25.5 Å². The SMILES string of the molecule is CCN=C(/C=C/C=C/C=C1/N(CCCCCC(=O)NCCSSCCCC(=O)Nc2ncnc3c2ncn3C2CC(O)C(COP(=O)(O)OP(=O)(O)OP(=O)(O)O)O2)c2ccc(S(=O)(=O)O)cc2C1(C)C)C(C)(C)c1cc(S(=O)(=O)O)ccc1C. The topological polar surface area (TPSA) is 415 Å². The molecule has 0 saturated carbocycles. The fourth-order valence-corrected chi connectivity index (χ4v) is 15.5. The van der Waals surface area contributed by atoms with E-state index in [1.54, 1.807) is 33.7 Å². The van der Waals surface area contributed by atoms with Gasteiger partial charge in [-0.1, -0.05) is 80.0 Å². The van der Waals surface area contributed by atoms with Crippen LogP contribution in [0.2, 0.25) is 0 Å². The summed E-state index contributed by atoms with van der Waals surface area (Å²) in [4.78, 5) is 81.3. The van der Waals surface area contributed by atoms with Crippen LogP contribution in [0.5, 0.6) is 0 Å². The van der Waals surface area contributed by atoms with Gasteiger partial charge in [0.05, 0.1) is 28.8 Å². The molecule has 9 N–H and O–H groups in total. The lowest BCUT2D eigenvalue weighted by Crippen LogP contribution is -2.29. The molecule has 0 aliphatic carbocycles. The summed E-state index contributed by atoms with van der Waals surface area (Å²) in [5.41, 5.74) is 3.60. The molecule has 28 nitrogen and oxygen atoms in total. The largest absolute Gasteiger partial charge is 0.490 e. The number of carbonyl (C=O) groups excluding carboxylic acids is 2. The molecule has 1 saturated heterocycles. The maximum absolute atomic E-state index is 12.9. The summed E-state index contributed by atoms with van der Waals surface area (Å²) in [5, 5.41) is 16.2. The van der Waals surface area contributed by atoms with Crippen molar-refractivity contribution in [2.45, 2.75) is 126 Å². The van der Waals surface area contributed by atoms with E-state index in [1.165, 1.54) is 41.5 Å². The molecule has 85 heavy (non-hydrogen) atoms. The van der Waals surface area contributed by atoms with E-state index in [0.29, 0.717) is 68.1 Å². The van der Waals surface area contributed by atoms with Gasteiger partial charge in [0, 0.05) is 78.3 Å². The van der Waals surface area contributed by atoms with Gasteiger partial charge < -0.3 is 45.0 Å². The van der Waals surface area contributed by atoms with Crippen molar-refractivity contribution in [1.29, 1.82) is 0 Å². The molecule has 2 aromatic heterocycles. The number of unbranched alkanes of at least 4 members (excludes halogenated alkanes) is 2. The van der Waals surface area contributed by atoms with Crippen molar-refractivity contribution < 1.29 is 91.8 Å². The van der Waals surface area contributed by atoms with Crippen molar-refractivity contribution >= 4 is 105 Å². The second kappa shape index (κ2) is 29.2. The van der Waals surface area contributed by atoms with E-state index >= 15 is 0 Å². The number of aliphatic hydroxyl groups is 1. The first-order valence-corrected chi connectivity index (χ1v) is 36.2. The number of benzene rings is 2. The maximum atomic E-state index is 12.9. The Morgan fingerprint density at radius 1 is 0.882 bits per heavy atom. The predicted octanol–water partition coefficient (Wildman–Crippen LogP) is 7.63. The third-order valence-electron chi connectivity index (χ3n) is 13.5. The molecule has 35 heteroatoms. The Labute approximate surface area is 499 Å². The Morgan fingerprint density at radius 3 is 2.26 bits per heavy atom. The number of hydrogen-bond acceptors (Lipinski definition) is 21. The Balaban J connectivity index is 0.915. The van der Waals surface area contributed by atoms with Crippen molar-refractivity contribution in [2.75, 3.05) is 48.0 Å². The first kappa shape index (κ1) is 69.6. The van der Waals surface area contributed by atoms with E-state index in [9.17, 15) is 64.1 Å². The predicted molar refractivity (Wildman–Crippen MR) is 319 cm³/mol. The molecule has 5 atom stereocenters. The van der Waals surface area contributed by atoms with Gasteiger partial charge in [-0.3, -0.25) is 32.8 Å². The number of hydrogen-bond donors (Lipinski definition) is 9. The van der Waals surface area contributed by atoms with E-state index in [-0.39, 0.29) is 51.4 Å². The van der Waals surface area contributed by atoms with Crippen molar-refractivity contribution in [3.05, 3.63) is 102 Å². The number of nitrogens with zero attached hydrogens (tertiary/aromatic N) is 6. The van der Waals surface area contributed by atoms with Crippen molar-refractivity contribution in [3.8, 4) is 0 Å². The quantitative estimate of drug-likeness (QED) is 0.00583. The Hall–Kier alpha value is -4.53. The molecule has 0 bridgehead atoms. The van der Waals surface area contributed by atoms with E-state index in [0.717, 1.165) is 28.9 Å². The zero-order chi connectivity index (χ0) is 62.8. The van der Waals surface area contributed by atoms with Crippen LogP contribution in [-0.2, 0) is 72.2 Å². The minimum absolute atomic E-state index is 0.0855. The number of fused-ring (bicyclic) bond motifs is 2. The van der Waals surface area contributed by atoms with Crippen LogP contribution < -0.4 is 15.5 Å². The molecule has 4 aromatic rings. The number of rotatable bonds is 31. The molecular formula is C50H69N8O20P3S4. The smallest absolute Gasteiger partial charge is 0.390 e. The molecule has 2 aliphatic heterocycles. The second-order valence-electron chi connectivity index (χ2n) is 20.5. The van der Waals surface area contributed by atoms with Crippen LogP contribution in [0.15, 0.2) is 99.9 Å². The number of imidazole rings is 1. The number of aryl methyl sites for hydroxylation is 1. The number of amides is 2. The van der Waals surface area contributed by atoms with E-state index < -0.39 is 79.6 Å². The lowest BCUT2D eigenvalue weighted by molar-refractivity contribution is -0.121. The minimum Gasteiger partial charge on any atom is -0.390 e. The van der Waals surface area contributed by atoms with Gasteiger partial charge in [0.15, 0.2) is 17.0 Å². The molecule has 0 radical (unpaired) electrons. The summed E-state index contributed by atoms with van der Waals surface area (Å²) in [5.74, 6) is 0.927. The van der Waals surface area contributed by atoms with Crippen LogP contribution in [0.25, 0.3) is 11.2 Å². The lowest BCUT2D eigenvalue weighted by Gasteiger charge is -2.28. The summed E-state index contributed by atoms with van der Waals surface area (Å²) in [6.45, 7) is 12.2. The maximum Gasteiger partial charge on any atom is 0.490 e. The standard InChI is InChI=1S/C50H69N8O20P3S4/c1-7-51-41(49(3,4)36-27-34(84(69,70)71)20-19-33(36)2)15-10-8-11-16-42-50(5,6)37-28-35(85(72,73)74)21-22-38(37)57(42)24-13-9-12-17-43(60)52-23-26-83-82-25-14-18-44(61)56-47-46-48(54-31-53-47)58(32-55-46)45-29-39(59)40(76-45)30-75-80(65,66)78-81(67,68)77-79(62,63)64/h8,10-11,15-16,19-22,27-28,31-32,39-40,45,59H,7,9,12-14,17-18,23-26,29-30H2,1-6H3,(H,52,60)(H,65,66)(H,67,68)(H2,62,63,64)(H,69,70,71)(H,72,73,74)(H,53,54,56,61)/b11-8+,15-10+,42-16+,51-41?. The van der Waals surface area contributed by atoms with E-state index in [1.807, 2.05) is 71.9 Å². The molecule has 2 amide bonds. The van der Waals surface area contributed by atoms with Gasteiger partial charge in [-0.15, -0.1) is 0 Å². The number of aliphatic imine (C=N–C) groups is 1. The summed E-state index contributed by atoms with van der Waals surface area (Å²) in [6, 6.07) is 9.03. The van der Waals surface area contributed by atoms with E-state index in [4.69, 9.17) is 19.5 Å². The molecule has 1 fully saturated rings. The number of nitrogens with one attached hydrogen (secondary N) is 2. The number of anilines is 2. The van der Waals surface area contributed by atoms with Gasteiger partial charge in [-0.05, 0) is 92.3 Å². The Kier molecular flexibility index (Phi) is 23.9. The summed E-state index contributed by atoms with van der Waals surface area (Å²) in [7, 11) is -22.6. The zero-order valence-corrected chi connectivity index (χ0v) is 53.0. The molecule has 468 valence electrons. The van der Waals surface area contributed by atoms with Gasteiger partial charge in [0.1, 0.15) is 18.7 Å². The van der Waals surface area contributed by atoms with Crippen LogP contribution in [0, 0.1) is 6.92 Å². The lowest BCUT2D eigenvalue weighted by atomic mass is 9.77. The Morgan fingerprint density at radius 2 is 1.56 bits per heavy atom. The fourth-order valence-electron chi connectivity index (χ4n) is 9.43. The molecule has 4 heterocycles. The van der Waals surface area contributed by atoms with Gasteiger partial charge in [-0.25, -0.2) is 28.6 Å². The number of allylic oxidation sites excluding steroid dienone is 6. The van der Waals surface area contributed by atoms with Crippen molar-refractivity contribution in [2.24, 2.45) is 4.99 Å². The molecule has 0 spiro atoms. The van der Waals surface area contributed by atoms with Gasteiger partial charge in [0.25, 0.3) is 20.2 Å². The fraction of sp³-hybridized carbons (Fsp3) is 0.480. The van der Waals surface area contributed by atoms with Crippen LogP contribution >= 0.6 is 45.1 Å². The van der Waals surface area contributed by atoms with E-state index in [2.05, 4.69) is 43.6 Å². The van der Waals surface area contributed by atoms with Crippen LogP contribution in [0.3, 0.4) is 0 Å². The zero-order valence-electron chi connectivity index (χ0n) is 47.0. The average Bonchev–Trinajstić information content (AvgIpc) is 1.98. The van der Waals surface area contributed by atoms with Crippen LogP contribution in [0.1, 0.15) is 102 Å². The monoisotopic (exact) mass is 1320 g/mol. The van der Waals surface area contributed by atoms with Gasteiger partial charge in [0.2, 0.25) is 11.8 Å². The molecule has 2 aliphatic rings. The summed E-state index contributed by atoms with van der Waals surface area (Å²) in [6.07, 6.45) is 11.2. The highest BCUT2D eigenvalue weighted by atomic mass is 33.1. The number of carbonyl (C=O) groups is 2. The molecule has 6 rings (SSSR count). The second-order valence-corrected chi connectivity index (χ2v) is 30.4. The summed E-state index contributed by atoms with van der Waals surface area (Å²) < 4.78 is 122. The van der Waals surface area contributed by atoms with Crippen molar-refractivity contribution in [1.82, 2.24) is 24.8 Å². The molecular weight excluding hydrogens is 1250 g/mol. The number of ether oxygens (including phenoxy) is 1. The van der Waals surface area contributed by atoms with Crippen molar-refractivity contribution in [3.63, 3.8) is 0 Å². The first-order valence-electron chi connectivity index (χ1n) is 26.3. The third kappa shape index (κ3) is 19.5. The van der Waals surface area contributed by atoms with Crippen LogP contribution in [-0.4, -0.2) is 138 Å². The number of aliphatic hydroxyl groups excluding tert-OH is 1. The number of phosphoric acid groups is 3. The number of aromatic nitrogens is 4. The highest BCUT2D eigenvalue weighted by molar-refractivity contribution is 8.76. The number of phosphoric ester groups is 1.